The summed E-state index contributed by atoms with van der Waals surface area (Å²) in [5.74, 6) is 0. The van der Waals surface area contributed by atoms with Crippen LogP contribution >= 0.6 is 0 Å². The maximum atomic E-state index is 4.99. The SMILES string of the molecule is CCc1cccc(CC)c1-c1cnc2c3ccccc3c3ccc4ccccc4c3n12. The van der Waals surface area contributed by atoms with Gasteiger partial charge in [0.25, 0.3) is 0 Å². The number of hydrogen-bond donors (Lipinski definition) is 0. The van der Waals surface area contributed by atoms with E-state index in [0.717, 1.165) is 18.5 Å². The summed E-state index contributed by atoms with van der Waals surface area (Å²) in [6.45, 7) is 4.48. The quantitative estimate of drug-likeness (QED) is 0.280. The van der Waals surface area contributed by atoms with E-state index in [1.807, 2.05) is 0 Å². The highest BCUT2D eigenvalue weighted by molar-refractivity contribution is 6.19. The minimum atomic E-state index is 1.00. The Bertz CT molecular complexity index is 1580. The van der Waals surface area contributed by atoms with Gasteiger partial charge in [-0.15, -0.1) is 0 Å². The van der Waals surface area contributed by atoms with Crippen LogP contribution in [0.15, 0.2) is 85.1 Å². The molecule has 0 aliphatic carbocycles. The number of benzene rings is 4. The number of pyridine rings is 1. The van der Waals surface area contributed by atoms with Gasteiger partial charge in [0.05, 0.1) is 17.4 Å². The normalized spacial score (nSPS) is 11.8. The molecule has 2 heteroatoms. The molecule has 150 valence electrons. The van der Waals surface area contributed by atoms with E-state index in [2.05, 4.69) is 103 Å². The molecule has 0 saturated carbocycles. The molecule has 0 bridgehead atoms. The summed E-state index contributed by atoms with van der Waals surface area (Å²) in [6.07, 6.45) is 4.09. The van der Waals surface area contributed by atoms with Crippen molar-refractivity contribution >= 4 is 38.1 Å². The molecular weight excluding hydrogens is 376 g/mol. The summed E-state index contributed by atoms with van der Waals surface area (Å²) in [5, 5.41) is 6.25. The standard InChI is InChI=1S/C29H24N2/c1-3-19-11-9-12-20(4-2)27(19)26-18-30-29-25-15-8-7-14-23(25)24-17-16-21-10-5-6-13-22(21)28(24)31(26)29/h5-18H,3-4H2,1-2H3. The number of rotatable bonds is 3. The van der Waals surface area contributed by atoms with E-state index in [0.29, 0.717) is 0 Å². The largest absolute Gasteiger partial charge is 0.291 e. The zero-order chi connectivity index (χ0) is 20.9. The van der Waals surface area contributed by atoms with E-state index in [1.54, 1.807) is 0 Å². The average molecular weight is 401 g/mol. The van der Waals surface area contributed by atoms with Gasteiger partial charge in [0.2, 0.25) is 0 Å². The van der Waals surface area contributed by atoms with Crippen molar-refractivity contribution in [3.8, 4) is 11.3 Å². The Balaban J connectivity index is 1.91. The first-order valence-corrected chi connectivity index (χ1v) is 11.1. The fourth-order valence-corrected chi connectivity index (χ4v) is 5.14. The smallest absolute Gasteiger partial charge is 0.145 e. The molecule has 0 atom stereocenters. The minimum absolute atomic E-state index is 1.00. The third kappa shape index (κ3) is 2.55. The maximum Gasteiger partial charge on any atom is 0.145 e. The van der Waals surface area contributed by atoms with Crippen molar-refractivity contribution in [2.45, 2.75) is 26.7 Å². The van der Waals surface area contributed by atoms with Gasteiger partial charge in [-0.25, -0.2) is 4.98 Å². The summed E-state index contributed by atoms with van der Waals surface area (Å²) in [7, 11) is 0. The molecule has 0 spiro atoms. The van der Waals surface area contributed by atoms with Crippen LogP contribution < -0.4 is 0 Å². The molecule has 2 nitrogen and oxygen atoms in total. The predicted octanol–water partition coefficient (Wildman–Crippen LogP) is 7.59. The molecule has 6 rings (SSSR count). The molecule has 0 radical (unpaired) electrons. The van der Waals surface area contributed by atoms with Crippen molar-refractivity contribution in [3.05, 3.63) is 96.2 Å². The molecule has 0 N–H and O–H groups in total. The van der Waals surface area contributed by atoms with Crippen LogP contribution in [0.3, 0.4) is 0 Å². The van der Waals surface area contributed by atoms with E-state index >= 15 is 0 Å². The highest BCUT2D eigenvalue weighted by Gasteiger charge is 2.19. The van der Waals surface area contributed by atoms with E-state index in [-0.39, 0.29) is 0 Å². The number of aryl methyl sites for hydroxylation is 2. The lowest BCUT2D eigenvalue weighted by Crippen LogP contribution is -1.99. The molecule has 0 amide bonds. The third-order valence-corrected chi connectivity index (χ3v) is 6.60. The van der Waals surface area contributed by atoms with Crippen molar-refractivity contribution in [1.29, 1.82) is 0 Å². The lowest BCUT2D eigenvalue weighted by atomic mass is 9.95. The van der Waals surface area contributed by atoms with E-state index < -0.39 is 0 Å². The number of aromatic nitrogens is 2. The van der Waals surface area contributed by atoms with Gasteiger partial charge < -0.3 is 0 Å². The molecule has 0 aliphatic heterocycles. The van der Waals surface area contributed by atoms with Gasteiger partial charge in [-0.3, -0.25) is 4.40 Å². The molecule has 0 fully saturated rings. The Hall–Kier alpha value is -3.65. The van der Waals surface area contributed by atoms with Crippen LogP contribution in [0.25, 0.3) is 49.4 Å². The van der Waals surface area contributed by atoms with E-state index in [1.165, 1.54) is 54.8 Å². The van der Waals surface area contributed by atoms with Gasteiger partial charge in [0, 0.05) is 21.7 Å². The van der Waals surface area contributed by atoms with Gasteiger partial charge in [0.15, 0.2) is 0 Å². The van der Waals surface area contributed by atoms with Crippen molar-refractivity contribution in [2.24, 2.45) is 0 Å². The lowest BCUT2D eigenvalue weighted by Gasteiger charge is -2.16. The van der Waals surface area contributed by atoms with E-state index in [9.17, 15) is 0 Å². The first-order valence-electron chi connectivity index (χ1n) is 11.1. The van der Waals surface area contributed by atoms with Crippen LogP contribution in [0.5, 0.6) is 0 Å². The van der Waals surface area contributed by atoms with Gasteiger partial charge >= 0.3 is 0 Å². The Kier molecular flexibility index (Phi) is 4.07. The first-order chi connectivity index (χ1) is 15.3. The van der Waals surface area contributed by atoms with Crippen LogP contribution in [-0.2, 0) is 12.8 Å². The summed E-state index contributed by atoms with van der Waals surface area (Å²) in [4.78, 5) is 4.99. The number of fused-ring (bicyclic) bond motifs is 8. The highest BCUT2D eigenvalue weighted by atomic mass is 15.0. The summed E-state index contributed by atoms with van der Waals surface area (Å²) in [5.41, 5.74) is 7.56. The summed E-state index contributed by atoms with van der Waals surface area (Å²) >= 11 is 0. The Labute approximate surface area is 181 Å². The third-order valence-electron chi connectivity index (χ3n) is 6.60. The zero-order valence-electron chi connectivity index (χ0n) is 17.9. The van der Waals surface area contributed by atoms with Crippen LogP contribution in [0.1, 0.15) is 25.0 Å². The monoisotopic (exact) mass is 400 g/mol. The molecular formula is C29H24N2. The molecule has 0 saturated heterocycles. The molecule has 4 aromatic carbocycles. The zero-order valence-corrected chi connectivity index (χ0v) is 17.9. The molecule has 2 heterocycles. The molecule has 6 aromatic rings. The Morgan fingerprint density at radius 3 is 2.06 bits per heavy atom. The first kappa shape index (κ1) is 18.1. The Morgan fingerprint density at radius 1 is 0.645 bits per heavy atom. The van der Waals surface area contributed by atoms with Crippen LogP contribution in [0.4, 0.5) is 0 Å². The minimum Gasteiger partial charge on any atom is -0.291 e. The van der Waals surface area contributed by atoms with Crippen LogP contribution in [0.2, 0.25) is 0 Å². The number of hydrogen-bond acceptors (Lipinski definition) is 1. The topological polar surface area (TPSA) is 17.3 Å². The van der Waals surface area contributed by atoms with Crippen LogP contribution in [-0.4, -0.2) is 9.38 Å². The van der Waals surface area contributed by atoms with Crippen molar-refractivity contribution in [1.82, 2.24) is 9.38 Å². The fraction of sp³-hybridized carbons (Fsp3) is 0.138. The average Bonchev–Trinajstić information content (AvgIpc) is 3.28. The van der Waals surface area contributed by atoms with E-state index in [4.69, 9.17) is 4.98 Å². The van der Waals surface area contributed by atoms with Gasteiger partial charge in [0.1, 0.15) is 5.65 Å². The van der Waals surface area contributed by atoms with Crippen molar-refractivity contribution in [3.63, 3.8) is 0 Å². The van der Waals surface area contributed by atoms with Crippen molar-refractivity contribution in [2.75, 3.05) is 0 Å². The fourth-order valence-electron chi connectivity index (χ4n) is 5.14. The molecule has 0 aliphatic rings. The maximum absolute atomic E-state index is 4.99. The molecule has 2 aromatic heterocycles. The second kappa shape index (κ2) is 6.95. The van der Waals surface area contributed by atoms with Crippen LogP contribution in [0, 0.1) is 0 Å². The predicted molar refractivity (Wildman–Crippen MR) is 132 cm³/mol. The highest BCUT2D eigenvalue weighted by Crippen LogP contribution is 2.38. The van der Waals surface area contributed by atoms with Gasteiger partial charge in [-0.1, -0.05) is 92.7 Å². The second-order valence-electron chi connectivity index (χ2n) is 8.19. The summed E-state index contributed by atoms with van der Waals surface area (Å²) in [6, 6.07) is 28.6. The lowest BCUT2D eigenvalue weighted by molar-refractivity contribution is 1.08. The number of nitrogens with zero attached hydrogens (tertiary/aromatic N) is 2. The Morgan fingerprint density at radius 2 is 1.32 bits per heavy atom. The van der Waals surface area contributed by atoms with Crippen molar-refractivity contribution < 1.29 is 0 Å². The molecule has 0 unspecified atom stereocenters. The molecule has 31 heavy (non-hydrogen) atoms. The summed E-state index contributed by atoms with van der Waals surface area (Å²) < 4.78 is 2.41. The van der Waals surface area contributed by atoms with Gasteiger partial charge in [-0.2, -0.15) is 0 Å². The second-order valence-corrected chi connectivity index (χ2v) is 8.19. The number of imidazole rings is 1. The van der Waals surface area contributed by atoms with Gasteiger partial charge in [-0.05, 0) is 34.7 Å².